The molecule has 1 aromatic heterocycles. The fraction of sp³-hybridized carbons (Fsp3) is 0.435. The Labute approximate surface area is 190 Å². The van der Waals surface area contributed by atoms with Crippen molar-refractivity contribution in [2.75, 3.05) is 44.8 Å². The Balaban J connectivity index is 1.56. The van der Waals surface area contributed by atoms with Crippen LogP contribution in [0.2, 0.25) is 0 Å². The standard InChI is InChI=1S/C23H25F3N4O3/c1-32-20-14-17(5-7-19(20)33-16-23(24,25)26)6-8-21(31)29-10-3-11-30(13-12-29)22-18(15-27)4-2-9-28-22/h2,4-5,7,9,14H,3,6,8,10-13,16H2,1H3. The molecule has 176 valence electrons. The highest BCUT2D eigenvalue weighted by atomic mass is 19.4. The molecule has 1 fully saturated rings. The van der Waals surface area contributed by atoms with Crippen LogP contribution in [0.4, 0.5) is 19.0 Å². The number of rotatable bonds is 7. The summed E-state index contributed by atoms with van der Waals surface area (Å²) in [5, 5.41) is 9.31. The topological polar surface area (TPSA) is 78.7 Å². The number of alkyl halides is 3. The molecule has 0 unspecified atom stereocenters. The number of anilines is 1. The van der Waals surface area contributed by atoms with Crippen LogP contribution in [0.1, 0.15) is 24.0 Å². The highest BCUT2D eigenvalue weighted by molar-refractivity contribution is 5.76. The van der Waals surface area contributed by atoms with Crippen molar-refractivity contribution in [1.29, 1.82) is 5.26 Å². The van der Waals surface area contributed by atoms with Crippen molar-refractivity contribution < 1.29 is 27.4 Å². The van der Waals surface area contributed by atoms with Gasteiger partial charge in [0.2, 0.25) is 5.91 Å². The Morgan fingerprint density at radius 3 is 2.73 bits per heavy atom. The van der Waals surface area contributed by atoms with Crippen LogP contribution in [0, 0.1) is 11.3 Å². The minimum Gasteiger partial charge on any atom is -0.493 e. The summed E-state index contributed by atoms with van der Waals surface area (Å²) < 4.78 is 47.1. The maximum Gasteiger partial charge on any atom is 0.422 e. The molecule has 1 aliphatic rings. The number of hydrogen-bond acceptors (Lipinski definition) is 6. The van der Waals surface area contributed by atoms with Gasteiger partial charge in [-0.15, -0.1) is 0 Å². The van der Waals surface area contributed by atoms with Gasteiger partial charge in [0.25, 0.3) is 0 Å². The molecule has 2 heterocycles. The van der Waals surface area contributed by atoms with E-state index in [1.807, 2.05) is 4.90 Å². The third-order valence-electron chi connectivity index (χ3n) is 5.30. The second-order valence-corrected chi connectivity index (χ2v) is 7.60. The van der Waals surface area contributed by atoms with Crippen LogP contribution in [-0.2, 0) is 11.2 Å². The number of halogens is 3. The third kappa shape index (κ3) is 6.75. The fourth-order valence-electron chi connectivity index (χ4n) is 3.67. The number of methoxy groups -OCH3 is 1. The van der Waals surface area contributed by atoms with E-state index in [4.69, 9.17) is 9.47 Å². The molecule has 0 N–H and O–H groups in total. The molecule has 0 bridgehead atoms. The Kier molecular flexibility index (Phi) is 7.98. The van der Waals surface area contributed by atoms with Crippen LogP contribution < -0.4 is 14.4 Å². The number of hydrogen-bond donors (Lipinski definition) is 0. The SMILES string of the molecule is COc1cc(CCC(=O)N2CCCN(c3ncccc3C#N)CC2)ccc1OCC(F)(F)F. The van der Waals surface area contributed by atoms with Crippen molar-refractivity contribution in [1.82, 2.24) is 9.88 Å². The zero-order valence-electron chi connectivity index (χ0n) is 18.3. The number of amides is 1. The van der Waals surface area contributed by atoms with Crippen molar-refractivity contribution >= 4 is 11.7 Å². The Bertz CT molecular complexity index is 1010. The molecule has 1 saturated heterocycles. The summed E-state index contributed by atoms with van der Waals surface area (Å²) in [5.74, 6) is 0.825. The zero-order chi connectivity index (χ0) is 23.8. The lowest BCUT2D eigenvalue weighted by molar-refractivity contribution is -0.153. The van der Waals surface area contributed by atoms with Crippen molar-refractivity contribution in [2.45, 2.75) is 25.4 Å². The van der Waals surface area contributed by atoms with Gasteiger partial charge in [0.05, 0.1) is 12.7 Å². The van der Waals surface area contributed by atoms with E-state index in [9.17, 15) is 23.2 Å². The van der Waals surface area contributed by atoms with E-state index in [1.54, 1.807) is 35.4 Å². The summed E-state index contributed by atoms with van der Waals surface area (Å²) in [7, 11) is 1.35. The summed E-state index contributed by atoms with van der Waals surface area (Å²) >= 11 is 0. The first-order valence-electron chi connectivity index (χ1n) is 10.5. The van der Waals surface area contributed by atoms with Crippen molar-refractivity contribution in [2.24, 2.45) is 0 Å². The van der Waals surface area contributed by atoms with Crippen molar-refractivity contribution in [3.63, 3.8) is 0 Å². The average Bonchev–Trinajstić information content (AvgIpc) is 3.07. The summed E-state index contributed by atoms with van der Waals surface area (Å²) in [6.07, 6.45) is -1.34. The fourth-order valence-corrected chi connectivity index (χ4v) is 3.67. The minimum atomic E-state index is -4.44. The molecule has 0 aliphatic carbocycles. The Morgan fingerprint density at radius 1 is 1.18 bits per heavy atom. The number of pyridine rings is 1. The molecular formula is C23H25F3N4O3. The summed E-state index contributed by atoms with van der Waals surface area (Å²) in [6, 6.07) is 10.3. The van der Waals surface area contributed by atoms with E-state index in [0.29, 0.717) is 44.0 Å². The minimum absolute atomic E-state index is 0.00349. The van der Waals surface area contributed by atoms with Gasteiger partial charge in [-0.25, -0.2) is 4.98 Å². The number of aryl methyl sites for hydroxylation is 1. The van der Waals surface area contributed by atoms with Gasteiger partial charge in [0, 0.05) is 38.8 Å². The predicted molar refractivity (Wildman–Crippen MR) is 115 cm³/mol. The van der Waals surface area contributed by atoms with E-state index >= 15 is 0 Å². The van der Waals surface area contributed by atoms with Gasteiger partial charge in [-0.05, 0) is 42.7 Å². The van der Waals surface area contributed by atoms with Gasteiger partial charge in [-0.3, -0.25) is 4.79 Å². The molecule has 2 aromatic rings. The normalized spacial score (nSPS) is 14.4. The first-order valence-corrected chi connectivity index (χ1v) is 10.5. The van der Waals surface area contributed by atoms with Gasteiger partial charge in [-0.2, -0.15) is 18.4 Å². The number of aromatic nitrogens is 1. The first-order chi connectivity index (χ1) is 15.8. The Morgan fingerprint density at radius 2 is 2.00 bits per heavy atom. The van der Waals surface area contributed by atoms with Gasteiger partial charge in [0.1, 0.15) is 11.9 Å². The van der Waals surface area contributed by atoms with E-state index in [0.717, 1.165) is 12.0 Å². The van der Waals surface area contributed by atoms with E-state index in [2.05, 4.69) is 11.1 Å². The second kappa shape index (κ2) is 10.9. The molecule has 3 rings (SSSR count). The average molecular weight is 462 g/mol. The first kappa shape index (κ1) is 24.2. The number of ether oxygens (including phenoxy) is 2. The van der Waals surface area contributed by atoms with Gasteiger partial charge in [-0.1, -0.05) is 6.07 Å². The zero-order valence-corrected chi connectivity index (χ0v) is 18.3. The lowest BCUT2D eigenvalue weighted by Gasteiger charge is -2.23. The summed E-state index contributed by atoms with van der Waals surface area (Å²) in [4.78, 5) is 20.9. The monoisotopic (exact) mass is 462 g/mol. The van der Waals surface area contributed by atoms with Crippen LogP contribution in [0.15, 0.2) is 36.5 Å². The highest BCUT2D eigenvalue weighted by Crippen LogP contribution is 2.30. The van der Waals surface area contributed by atoms with E-state index < -0.39 is 12.8 Å². The Hall–Kier alpha value is -3.48. The molecule has 1 aliphatic heterocycles. The molecule has 10 heteroatoms. The quantitative estimate of drug-likeness (QED) is 0.626. The second-order valence-electron chi connectivity index (χ2n) is 7.60. The van der Waals surface area contributed by atoms with Crippen LogP contribution in [0.3, 0.4) is 0 Å². The van der Waals surface area contributed by atoms with Crippen molar-refractivity contribution in [3.8, 4) is 17.6 Å². The molecular weight excluding hydrogens is 437 g/mol. The van der Waals surface area contributed by atoms with Gasteiger partial charge >= 0.3 is 6.18 Å². The molecule has 7 nitrogen and oxygen atoms in total. The van der Waals surface area contributed by atoms with Crippen LogP contribution in [0.25, 0.3) is 0 Å². The molecule has 33 heavy (non-hydrogen) atoms. The summed E-state index contributed by atoms with van der Waals surface area (Å²) in [5.41, 5.74) is 1.28. The van der Waals surface area contributed by atoms with Crippen LogP contribution in [0.5, 0.6) is 11.5 Å². The molecule has 1 aromatic carbocycles. The molecule has 0 saturated carbocycles. The van der Waals surface area contributed by atoms with Crippen LogP contribution in [-0.4, -0.2) is 61.9 Å². The number of benzene rings is 1. The molecule has 0 radical (unpaired) electrons. The number of nitriles is 1. The molecule has 0 atom stereocenters. The van der Waals surface area contributed by atoms with E-state index in [1.165, 1.54) is 13.2 Å². The molecule has 1 amide bonds. The molecule has 0 spiro atoms. The third-order valence-corrected chi connectivity index (χ3v) is 5.30. The van der Waals surface area contributed by atoms with Gasteiger partial charge < -0.3 is 19.3 Å². The van der Waals surface area contributed by atoms with Crippen LogP contribution >= 0.6 is 0 Å². The van der Waals surface area contributed by atoms with E-state index in [-0.39, 0.29) is 23.8 Å². The lowest BCUT2D eigenvalue weighted by Crippen LogP contribution is -2.35. The smallest absolute Gasteiger partial charge is 0.422 e. The maximum absolute atomic E-state index is 12.8. The van der Waals surface area contributed by atoms with Gasteiger partial charge in [0.15, 0.2) is 18.1 Å². The van der Waals surface area contributed by atoms with Crippen molar-refractivity contribution in [3.05, 3.63) is 47.7 Å². The maximum atomic E-state index is 12.8. The number of carbonyl (C=O) groups is 1. The number of carbonyl (C=O) groups excluding carboxylic acids is 1. The lowest BCUT2D eigenvalue weighted by atomic mass is 10.1. The predicted octanol–water partition coefficient (Wildman–Crippen LogP) is 3.57. The highest BCUT2D eigenvalue weighted by Gasteiger charge is 2.29. The number of nitrogens with zero attached hydrogens (tertiary/aromatic N) is 4. The largest absolute Gasteiger partial charge is 0.493 e. The summed E-state index contributed by atoms with van der Waals surface area (Å²) in [6.45, 7) is 1.01.